The summed E-state index contributed by atoms with van der Waals surface area (Å²) in [4.78, 5) is 12.1. The van der Waals surface area contributed by atoms with E-state index in [-0.39, 0.29) is 0 Å². The van der Waals surface area contributed by atoms with Crippen molar-refractivity contribution in [1.82, 2.24) is 10.2 Å². The third kappa shape index (κ3) is 5.25. The molecule has 1 N–H and O–H groups in total. The molecule has 0 unspecified atom stereocenters. The molecule has 30 heavy (non-hydrogen) atoms. The van der Waals surface area contributed by atoms with Crippen LogP contribution in [0.15, 0.2) is 59.6 Å². The Kier molecular flexibility index (Phi) is 7.08. The quantitative estimate of drug-likeness (QED) is 0.610. The molecule has 0 amide bonds. The Morgan fingerprint density at radius 1 is 0.833 bits per heavy atom. The van der Waals surface area contributed by atoms with Crippen molar-refractivity contribution in [3.05, 3.63) is 60.2 Å². The molecule has 2 aromatic rings. The lowest BCUT2D eigenvalue weighted by atomic mass is 10.2. The molecule has 0 saturated carbocycles. The van der Waals surface area contributed by atoms with Gasteiger partial charge in [-0.1, -0.05) is 30.3 Å². The van der Waals surface area contributed by atoms with Crippen LogP contribution in [0.5, 0.6) is 0 Å². The van der Waals surface area contributed by atoms with E-state index in [9.17, 15) is 0 Å². The molecule has 2 aliphatic heterocycles. The summed E-state index contributed by atoms with van der Waals surface area (Å²) in [5, 5.41) is 3.48. The van der Waals surface area contributed by atoms with Crippen LogP contribution in [0.25, 0.3) is 0 Å². The molecule has 0 bridgehead atoms. The van der Waals surface area contributed by atoms with Crippen molar-refractivity contribution in [2.45, 2.75) is 13.5 Å². The zero-order valence-electron chi connectivity index (χ0n) is 18.0. The number of para-hydroxylation sites is 1. The molecular weight excluding hydrogens is 374 g/mol. The van der Waals surface area contributed by atoms with E-state index in [1.54, 1.807) is 0 Å². The molecule has 0 spiro atoms. The van der Waals surface area contributed by atoms with Gasteiger partial charge in [-0.3, -0.25) is 0 Å². The molecule has 6 nitrogen and oxygen atoms in total. The highest BCUT2D eigenvalue weighted by atomic mass is 16.5. The second-order valence-electron chi connectivity index (χ2n) is 7.75. The molecule has 2 aliphatic rings. The van der Waals surface area contributed by atoms with Gasteiger partial charge in [0.15, 0.2) is 5.96 Å². The van der Waals surface area contributed by atoms with Gasteiger partial charge in [0.1, 0.15) is 0 Å². The van der Waals surface area contributed by atoms with Gasteiger partial charge >= 0.3 is 0 Å². The number of anilines is 2. The van der Waals surface area contributed by atoms with E-state index in [0.717, 1.165) is 65.0 Å². The van der Waals surface area contributed by atoms with E-state index < -0.39 is 0 Å². The topological polar surface area (TPSA) is 43.3 Å². The van der Waals surface area contributed by atoms with Crippen LogP contribution < -0.4 is 15.1 Å². The number of nitrogens with one attached hydrogen (secondary N) is 1. The maximum absolute atomic E-state index is 5.45. The second-order valence-corrected chi connectivity index (χ2v) is 7.75. The fourth-order valence-electron chi connectivity index (χ4n) is 4.04. The average Bonchev–Trinajstić information content (AvgIpc) is 2.83. The van der Waals surface area contributed by atoms with Crippen LogP contribution >= 0.6 is 0 Å². The molecule has 2 heterocycles. The summed E-state index contributed by atoms with van der Waals surface area (Å²) >= 11 is 0. The lowest BCUT2D eigenvalue weighted by molar-refractivity contribution is 0.122. The highest BCUT2D eigenvalue weighted by Gasteiger charge is 2.19. The molecule has 0 aliphatic carbocycles. The number of aliphatic imine (C=N–C) groups is 1. The number of guanidine groups is 1. The first kappa shape index (κ1) is 20.5. The minimum Gasteiger partial charge on any atom is -0.378 e. The Bertz CT molecular complexity index is 794. The molecule has 2 fully saturated rings. The van der Waals surface area contributed by atoms with Crippen LogP contribution in [0.1, 0.15) is 12.5 Å². The van der Waals surface area contributed by atoms with Gasteiger partial charge in [0.05, 0.1) is 19.8 Å². The summed E-state index contributed by atoms with van der Waals surface area (Å²) < 4.78 is 5.45. The number of rotatable bonds is 5. The number of hydrogen-bond acceptors (Lipinski definition) is 4. The molecule has 2 aromatic carbocycles. The summed E-state index contributed by atoms with van der Waals surface area (Å²) in [6, 6.07) is 19.5. The molecule has 6 heteroatoms. The van der Waals surface area contributed by atoms with Gasteiger partial charge in [0.2, 0.25) is 0 Å². The van der Waals surface area contributed by atoms with E-state index in [4.69, 9.17) is 9.73 Å². The number of ether oxygens (including phenoxy) is 1. The molecular formula is C24H33N5O. The Morgan fingerprint density at radius 2 is 1.47 bits per heavy atom. The molecule has 4 rings (SSSR count). The van der Waals surface area contributed by atoms with Crippen molar-refractivity contribution >= 4 is 17.3 Å². The van der Waals surface area contributed by atoms with E-state index in [1.807, 2.05) is 0 Å². The maximum Gasteiger partial charge on any atom is 0.194 e. The summed E-state index contributed by atoms with van der Waals surface area (Å²) in [5.74, 6) is 1.02. The van der Waals surface area contributed by atoms with E-state index in [1.165, 1.54) is 16.9 Å². The van der Waals surface area contributed by atoms with Crippen LogP contribution in [0.2, 0.25) is 0 Å². The summed E-state index contributed by atoms with van der Waals surface area (Å²) in [7, 11) is 0. The van der Waals surface area contributed by atoms with E-state index >= 15 is 0 Å². The van der Waals surface area contributed by atoms with Crippen LogP contribution in [0, 0.1) is 0 Å². The smallest absolute Gasteiger partial charge is 0.194 e. The third-order valence-corrected chi connectivity index (χ3v) is 5.76. The molecule has 0 aromatic heterocycles. The Hall–Kier alpha value is -2.73. The lowest BCUT2D eigenvalue weighted by Crippen LogP contribution is -2.52. The minimum atomic E-state index is 0.699. The Morgan fingerprint density at radius 3 is 2.13 bits per heavy atom. The Labute approximate surface area is 180 Å². The van der Waals surface area contributed by atoms with Crippen LogP contribution in [-0.4, -0.2) is 69.9 Å². The van der Waals surface area contributed by atoms with Gasteiger partial charge < -0.3 is 24.8 Å². The minimum absolute atomic E-state index is 0.699. The highest BCUT2D eigenvalue weighted by Crippen LogP contribution is 2.18. The number of piperazine rings is 1. The van der Waals surface area contributed by atoms with Gasteiger partial charge in [-0.05, 0) is 36.8 Å². The van der Waals surface area contributed by atoms with E-state index in [0.29, 0.717) is 6.54 Å². The van der Waals surface area contributed by atoms with Gasteiger partial charge in [-0.2, -0.15) is 0 Å². The number of benzene rings is 2. The first-order valence-corrected chi connectivity index (χ1v) is 11.1. The van der Waals surface area contributed by atoms with Crippen molar-refractivity contribution < 1.29 is 4.74 Å². The molecule has 0 radical (unpaired) electrons. The van der Waals surface area contributed by atoms with Gasteiger partial charge in [0.25, 0.3) is 0 Å². The predicted octanol–water partition coefficient (Wildman–Crippen LogP) is 2.81. The normalized spacial score (nSPS) is 17.9. The summed E-state index contributed by atoms with van der Waals surface area (Å²) in [6.07, 6.45) is 0. The average molecular weight is 408 g/mol. The van der Waals surface area contributed by atoms with Crippen LogP contribution in [0.4, 0.5) is 11.4 Å². The first-order chi connectivity index (χ1) is 14.8. The number of morpholine rings is 1. The standard InChI is InChI=1S/C24H33N5O/c1-2-25-24(29-14-12-27(13-15-29)22-6-4-3-5-7-22)26-20-21-8-10-23(11-9-21)28-16-18-30-19-17-28/h3-11H,2,12-20H2,1H3,(H,25,26). The van der Waals surface area contributed by atoms with Crippen LogP contribution in [-0.2, 0) is 11.3 Å². The Balaban J connectivity index is 1.34. The predicted molar refractivity (Wildman–Crippen MR) is 125 cm³/mol. The fraction of sp³-hybridized carbons (Fsp3) is 0.458. The monoisotopic (exact) mass is 407 g/mol. The lowest BCUT2D eigenvalue weighted by Gasteiger charge is -2.37. The number of hydrogen-bond donors (Lipinski definition) is 1. The van der Waals surface area contributed by atoms with Crippen molar-refractivity contribution in [2.75, 3.05) is 68.8 Å². The van der Waals surface area contributed by atoms with Crippen molar-refractivity contribution in [1.29, 1.82) is 0 Å². The van der Waals surface area contributed by atoms with Crippen molar-refractivity contribution in [3.63, 3.8) is 0 Å². The molecule has 0 atom stereocenters. The van der Waals surface area contributed by atoms with Crippen LogP contribution in [0.3, 0.4) is 0 Å². The largest absolute Gasteiger partial charge is 0.378 e. The fourth-order valence-corrected chi connectivity index (χ4v) is 4.04. The second kappa shape index (κ2) is 10.3. The van der Waals surface area contributed by atoms with E-state index in [2.05, 4.69) is 81.5 Å². The summed E-state index contributed by atoms with van der Waals surface area (Å²) in [6.45, 7) is 11.3. The SMILES string of the molecule is CCNC(=NCc1ccc(N2CCOCC2)cc1)N1CCN(c2ccccc2)CC1. The third-order valence-electron chi connectivity index (χ3n) is 5.76. The zero-order valence-corrected chi connectivity index (χ0v) is 18.0. The first-order valence-electron chi connectivity index (χ1n) is 11.1. The highest BCUT2D eigenvalue weighted by molar-refractivity contribution is 5.80. The maximum atomic E-state index is 5.45. The van der Waals surface area contributed by atoms with Gasteiger partial charge in [-0.25, -0.2) is 4.99 Å². The number of nitrogens with zero attached hydrogens (tertiary/aromatic N) is 4. The molecule has 160 valence electrons. The van der Waals surface area contributed by atoms with Gasteiger partial charge in [0, 0.05) is 57.2 Å². The van der Waals surface area contributed by atoms with Crippen molar-refractivity contribution in [3.8, 4) is 0 Å². The van der Waals surface area contributed by atoms with Crippen molar-refractivity contribution in [2.24, 2.45) is 4.99 Å². The molecule has 2 saturated heterocycles. The zero-order chi connectivity index (χ0) is 20.6. The van der Waals surface area contributed by atoms with Gasteiger partial charge in [-0.15, -0.1) is 0 Å². The summed E-state index contributed by atoms with van der Waals surface area (Å²) in [5.41, 5.74) is 3.82.